The van der Waals surface area contributed by atoms with E-state index in [0.717, 1.165) is 24.9 Å². The lowest BCUT2D eigenvalue weighted by atomic mass is 9.90. The predicted molar refractivity (Wildman–Crippen MR) is 78.5 cm³/mol. The fourth-order valence-corrected chi connectivity index (χ4v) is 3.62. The Balaban J connectivity index is 1.71. The fraction of sp³-hybridized carbons (Fsp3) is 0.800. The Kier molecular flexibility index (Phi) is 3.78. The SMILES string of the molecule is CCc1cn(C)c(N2CCCC(C3CCCN3)C2)n1. The zero-order chi connectivity index (χ0) is 13.2. The van der Waals surface area contributed by atoms with Gasteiger partial charge in [-0.3, -0.25) is 0 Å². The Morgan fingerprint density at radius 3 is 2.95 bits per heavy atom. The number of nitrogens with one attached hydrogen (secondary N) is 1. The van der Waals surface area contributed by atoms with Crippen LogP contribution in [0.4, 0.5) is 5.95 Å². The monoisotopic (exact) mass is 262 g/mol. The number of hydrogen-bond donors (Lipinski definition) is 1. The molecule has 2 unspecified atom stereocenters. The van der Waals surface area contributed by atoms with Gasteiger partial charge in [0, 0.05) is 32.4 Å². The molecule has 106 valence electrons. The minimum absolute atomic E-state index is 0.744. The van der Waals surface area contributed by atoms with Crippen molar-refractivity contribution in [1.82, 2.24) is 14.9 Å². The first-order valence-corrected chi connectivity index (χ1v) is 7.78. The Hall–Kier alpha value is -1.03. The van der Waals surface area contributed by atoms with Crippen LogP contribution in [-0.2, 0) is 13.5 Å². The third kappa shape index (κ3) is 2.64. The van der Waals surface area contributed by atoms with Crippen molar-refractivity contribution in [1.29, 1.82) is 0 Å². The van der Waals surface area contributed by atoms with Crippen molar-refractivity contribution in [2.24, 2.45) is 13.0 Å². The van der Waals surface area contributed by atoms with Gasteiger partial charge in [-0.1, -0.05) is 6.92 Å². The van der Waals surface area contributed by atoms with Gasteiger partial charge in [0.05, 0.1) is 5.69 Å². The van der Waals surface area contributed by atoms with Gasteiger partial charge in [0.15, 0.2) is 0 Å². The summed E-state index contributed by atoms with van der Waals surface area (Å²) in [4.78, 5) is 7.27. The summed E-state index contributed by atoms with van der Waals surface area (Å²) in [5, 5.41) is 3.68. The normalized spacial score (nSPS) is 28.0. The second-order valence-corrected chi connectivity index (χ2v) is 6.05. The molecule has 2 fully saturated rings. The molecule has 2 atom stereocenters. The van der Waals surface area contributed by atoms with Gasteiger partial charge in [0.25, 0.3) is 0 Å². The van der Waals surface area contributed by atoms with E-state index < -0.39 is 0 Å². The Morgan fingerprint density at radius 2 is 2.26 bits per heavy atom. The number of piperidine rings is 1. The molecular weight excluding hydrogens is 236 g/mol. The molecule has 3 heterocycles. The Morgan fingerprint density at radius 1 is 1.37 bits per heavy atom. The molecule has 0 amide bonds. The summed E-state index contributed by atoms with van der Waals surface area (Å²) < 4.78 is 2.20. The highest BCUT2D eigenvalue weighted by atomic mass is 15.3. The first-order chi connectivity index (χ1) is 9.28. The van der Waals surface area contributed by atoms with Gasteiger partial charge < -0.3 is 14.8 Å². The highest BCUT2D eigenvalue weighted by Crippen LogP contribution is 2.27. The molecule has 2 saturated heterocycles. The van der Waals surface area contributed by atoms with Crippen molar-refractivity contribution in [3.05, 3.63) is 11.9 Å². The third-order valence-electron chi connectivity index (χ3n) is 4.67. The summed E-state index contributed by atoms with van der Waals surface area (Å²) >= 11 is 0. The minimum Gasteiger partial charge on any atom is -0.342 e. The number of imidazole rings is 1. The topological polar surface area (TPSA) is 33.1 Å². The molecule has 2 aliphatic rings. The molecule has 3 rings (SSSR count). The van der Waals surface area contributed by atoms with E-state index in [0.29, 0.717) is 0 Å². The number of rotatable bonds is 3. The van der Waals surface area contributed by atoms with E-state index >= 15 is 0 Å². The van der Waals surface area contributed by atoms with Crippen LogP contribution in [0.1, 0.15) is 38.3 Å². The van der Waals surface area contributed by atoms with E-state index in [1.807, 2.05) is 0 Å². The molecule has 2 aliphatic heterocycles. The standard InChI is InChI=1S/C15H26N4/c1-3-13-11-18(2)15(17-13)19-9-5-6-12(10-19)14-7-4-8-16-14/h11-12,14,16H,3-10H2,1-2H3. The van der Waals surface area contributed by atoms with E-state index in [4.69, 9.17) is 4.98 Å². The van der Waals surface area contributed by atoms with Gasteiger partial charge in [-0.05, 0) is 44.6 Å². The molecule has 0 radical (unpaired) electrons. The molecular formula is C15H26N4. The number of hydrogen-bond acceptors (Lipinski definition) is 3. The second-order valence-electron chi connectivity index (χ2n) is 6.05. The van der Waals surface area contributed by atoms with Crippen LogP contribution in [-0.4, -0.2) is 35.2 Å². The molecule has 0 aliphatic carbocycles. The van der Waals surface area contributed by atoms with Crippen LogP contribution >= 0.6 is 0 Å². The Labute approximate surface area is 116 Å². The lowest BCUT2D eigenvalue weighted by Gasteiger charge is -2.36. The van der Waals surface area contributed by atoms with Crippen LogP contribution in [0.3, 0.4) is 0 Å². The summed E-state index contributed by atoms with van der Waals surface area (Å²) in [6.07, 6.45) is 8.58. The number of aryl methyl sites for hydroxylation is 2. The van der Waals surface area contributed by atoms with Gasteiger partial charge >= 0.3 is 0 Å². The Bertz CT molecular complexity index is 420. The zero-order valence-corrected chi connectivity index (χ0v) is 12.2. The van der Waals surface area contributed by atoms with E-state index in [9.17, 15) is 0 Å². The molecule has 0 spiro atoms. The van der Waals surface area contributed by atoms with Gasteiger partial charge in [0.1, 0.15) is 0 Å². The number of anilines is 1. The maximum atomic E-state index is 4.78. The van der Waals surface area contributed by atoms with Gasteiger partial charge in [-0.25, -0.2) is 4.98 Å². The first kappa shape index (κ1) is 13.0. The van der Waals surface area contributed by atoms with E-state index in [-0.39, 0.29) is 0 Å². The van der Waals surface area contributed by atoms with Gasteiger partial charge in [-0.15, -0.1) is 0 Å². The minimum atomic E-state index is 0.744. The summed E-state index contributed by atoms with van der Waals surface area (Å²) in [5.41, 5.74) is 1.21. The molecule has 1 aromatic heterocycles. The molecule has 19 heavy (non-hydrogen) atoms. The molecule has 0 saturated carbocycles. The smallest absolute Gasteiger partial charge is 0.205 e. The predicted octanol–water partition coefficient (Wildman–Crippen LogP) is 1.95. The van der Waals surface area contributed by atoms with Crippen molar-refractivity contribution in [2.75, 3.05) is 24.5 Å². The van der Waals surface area contributed by atoms with Crippen LogP contribution in [0, 0.1) is 5.92 Å². The molecule has 4 heteroatoms. The average molecular weight is 262 g/mol. The molecule has 0 aromatic carbocycles. The summed E-state index contributed by atoms with van der Waals surface area (Å²) in [5.74, 6) is 1.97. The van der Waals surface area contributed by atoms with E-state index in [2.05, 4.69) is 35.0 Å². The lowest BCUT2D eigenvalue weighted by molar-refractivity contribution is 0.326. The quantitative estimate of drug-likeness (QED) is 0.904. The van der Waals surface area contributed by atoms with Crippen LogP contribution in [0.25, 0.3) is 0 Å². The highest BCUT2D eigenvalue weighted by molar-refractivity contribution is 5.34. The van der Waals surface area contributed by atoms with Crippen molar-refractivity contribution < 1.29 is 0 Å². The van der Waals surface area contributed by atoms with E-state index in [1.165, 1.54) is 50.4 Å². The second kappa shape index (κ2) is 5.53. The average Bonchev–Trinajstić information content (AvgIpc) is 3.08. The fourth-order valence-electron chi connectivity index (χ4n) is 3.62. The lowest BCUT2D eigenvalue weighted by Crippen LogP contribution is -2.44. The third-order valence-corrected chi connectivity index (χ3v) is 4.67. The van der Waals surface area contributed by atoms with Crippen molar-refractivity contribution in [3.8, 4) is 0 Å². The van der Waals surface area contributed by atoms with Gasteiger partial charge in [-0.2, -0.15) is 0 Å². The summed E-state index contributed by atoms with van der Waals surface area (Å²) in [6.45, 7) is 5.72. The maximum absolute atomic E-state index is 4.78. The molecule has 1 aromatic rings. The van der Waals surface area contributed by atoms with E-state index in [1.54, 1.807) is 0 Å². The maximum Gasteiger partial charge on any atom is 0.205 e. The summed E-state index contributed by atoms with van der Waals surface area (Å²) in [6, 6.07) is 0.744. The number of aromatic nitrogens is 2. The van der Waals surface area contributed by atoms with Crippen molar-refractivity contribution in [3.63, 3.8) is 0 Å². The van der Waals surface area contributed by atoms with Crippen molar-refractivity contribution >= 4 is 5.95 Å². The highest BCUT2D eigenvalue weighted by Gasteiger charge is 2.30. The zero-order valence-electron chi connectivity index (χ0n) is 12.2. The first-order valence-electron chi connectivity index (χ1n) is 7.78. The summed E-state index contributed by atoms with van der Waals surface area (Å²) in [7, 11) is 2.12. The molecule has 4 nitrogen and oxygen atoms in total. The molecule has 0 bridgehead atoms. The van der Waals surface area contributed by atoms with Crippen LogP contribution in [0.15, 0.2) is 6.20 Å². The molecule has 1 N–H and O–H groups in total. The number of nitrogens with zero attached hydrogens (tertiary/aromatic N) is 3. The van der Waals surface area contributed by atoms with Crippen LogP contribution in [0.5, 0.6) is 0 Å². The van der Waals surface area contributed by atoms with Crippen LogP contribution in [0.2, 0.25) is 0 Å². The largest absolute Gasteiger partial charge is 0.342 e. The van der Waals surface area contributed by atoms with Crippen LogP contribution < -0.4 is 10.2 Å². The van der Waals surface area contributed by atoms with Gasteiger partial charge in [0.2, 0.25) is 5.95 Å². The van der Waals surface area contributed by atoms with Crippen molar-refractivity contribution in [2.45, 2.75) is 45.1 Å².